The van der Waals surface area contributed by atoms with Gasteiger partial charge >= 0.3 is 11.9 Å². The molecule has 1 rings (SSSR count). The third kappa shape index (κ3) is 3.80. The van der Waals surface area contributed by atoms with Crippen molar-refractivity contribution in [1.82, 2.24) is 0 Å². The summed E-state index contributed by atoms with van der Waals surface area (Å²) in [7, 11) is -3.56. The third-order valence-electron chi connectivity index (χ3n) is 1.75. The van der Waals surface area contributed by atoms with Gasteiger partial charge in [-0.05, 0) is 18.2 Å². The molecule has 0 aliphatic carbocycles. The normalized spacial score (nSPS) is 10.2. The molecule has 0 atom stereocenters. The van der Waals surface area contributed by atoms with Crippen LogP contribution in [0, 0.1) is 0 Å². The van der Waals surface area contributed by atoms with Crippen LogP contribution >= 0.6 is 0 Å². The van der Waals surface area contributed by atoms with Crippen LogP contribution in [-0.2, 0) is 10.1 Å². The minimum atomic E-state index is -4.56. The van der Waals surface area contributed by atoms with Crippen LogP contribution < -0.4 is 0 Å². The van der Waals surface area contributed by atoms with Crippen LogP contribution in [0.4, 0.5) is 0 Å². The van der Waals surface area contributed by atoms with E-state index in [-0.39, 0.29) is 0 Å². The molecule has 100 valence electrons. The maximum atomic E-state index is 10.7. The molecule has 0 amide bonds. The molecular formula is C9H10O8S. The summed E-state index contributed by atoms with van der Waals surface area (Å²) in [4.78, 5) is 20.6. The summed E-state index contributed by atoms with van der Waals surface area (Å²) < 4.78 is 30.1. The summed E-state index contributed by atoms with van der Waals surface area (Å²) >= 11 is 0. The van der Waals surface area contributed by atoms with Gasteiger partial charge in [-0.3, -0.25) is 4.55 Å². The number of aliphatic hydroxyl groups is 1. The molecule has 0 aliphatic rings. The smallest absolute Gasteiger partial charge is 0.336 e. The summed E-state index contributed by atoms with van der Waals surface area (Å²) in [5.74, 6) is -3.10. The second kappa shape index (κ2) is 6.10. The Hall–Kier alpha value is -1.97. The largest absolute Gasteiger partial charge is 0.478 e. The van der Waals surface area contributed by atoms with Gasteiger partial charge < -0.3 is 15.3 Å². The minimum Gasteiger partial charge on any atom is -0.478 e. The number of aliphatic hydroxyl groups excluding tert-OH is 1. The van der Waals surface area contributed by atoms with Gasteiger partial charge in [0.15, 0.2) is 0 Å². The van der Waals surface area contributed by atoms with Crippen LogP contribution in [-0.4, -0.2) is 47.3 Å². The van der Waals surface area contributed by atoms with Crippen LogP contribution in [0.15, 0.2) is 23.1 Å². The van der Waals surface area contributed by atoms with E-state index in [0.717, 1.165) is 19.2 Å². The predicted molar refractivity (Wildman–Crippen MR) is 58.3 cm³/mol. The number of benzene rings is 1. The van der Waals surface area contributed by atoms with Crippen molar-refractivity contribution >= 4 is 22.1 Å². The van der Waals surface area contributed by atoms with Crippen molar-refractivity contribution in [3.05, 3.63) is 29.3 Å². The Labute approximate surface area is 102 Å². The summed E-state index contributed by atoms with van der Waals surface area (Å²) in [6, 6.07) is 2.20. The van der Waals surface area contributed by atoms with E-state index in [1.807, 2.05) is 0 Å². The molecule has 4 N–H and O–H groups in total. The lowest BCUT2D eigenvalue weighted by atomic mass is 10.1. The first-order valence-corrected chi connectivity index (χ1v) is 5.70. The monoisotopic (exact) mass is 278 g/mol. The first-order chi connectivity index (χ1) is 8.23. The van der Waals surface area contributed by atoms with Gasteiger partial charge in [-0.25, -0.2) is 9.59 Å². The van der Waals surface area contributed by atoms with E-state index in [1.165, 1.54) is 0 Å². The van der Waals surface area contributed by atoms with Crippen molar-refractivity contribution < 1.29 is 37.9 Å². The fourth-order valence-corrected chi connectivity index (χ4v) is 1.55. The van der Waals surface area contributed by atoms with Gasteiger partial charge in [-0.1, -0.05) is 0 Å². The number of carboxylic acid groups (broad SMARTS) is 2. The quantitative estimate of drug-likeness (QED) is 0.561. The molecule has 0 fully saturated rings. The second-order valence-corrected chi connectivity index (χ2v) is 4.21. The van der Waals surface area contributed by atoms with Gasteiger partial charge in [0.1, 0.15) is 0 Å². The summed E-state index contributed by atoms with van der Waals surface area (Å²) in [6.45, 7) is 0. The van der Waals surface area contributed by atoms with Crippen LogP contribution in [0.5, 0.6) is 0 Å². The fraction of sp³-hybridized carbons (Fsp3) is 0.111. The Morgan fingerprint density at radius 3 is 1.78 bits per heavy atom. The van der Waals surface area contributed by atoms with Crippen molar-refractivity contribution in [3.8, 4) is 0 Å². The van der Waals surface area contributed by atoms with Crippen molar-refractivity contribution in [3.63, 3.8) is 0 Å². The number of hydrogen-bond donors (Lipinski definition) is 4. The molecule has 0 heterocycles. The summed E-state index contributed by atoms with van der Waals surface area (Å²) in [5.41, 5.74) is -1.26. The number of hydrogen-bond acceptors (Lipinski definition) is 5. The molecule has 0 bridgehead atoms. The van der Waals surface area contributed by atoms with E-state index in [9.17, 15) is 18.0 Å². The molecule has 9 heteroatoms. The SMILES string of the molecule is CO.O=C(O)c1ccc(S(=O)(=O)O)cc1C(=O)O. The Morgan fingerprint density at radius 2 is 1.44 bits per heavy atom. The molecule has 0 saturated carbocycles. The molecule has 1 aromatic rings. The van der Waals surface area contributed by atoms with Gasteiger partial charge in [-0.15, -0.1) is 0 Å². The first kappa shape index (κ1) is 16.0. The molecule has 0 spiro atoms. The highest BCUT2D eigenvalue weighted by Crippen LogP contribution is 2.16. The standard InChI is InChI=1S/C8H6O7S.CH4O/c9-7(10)5-2-1-4(16(13,14)15)3-6(5)8(11)12;1-2/h1-3H,(H,9,10)(H,11,12)(H,13,14,15);2H,1H3. The fourth-order valence-electron chi connectivity index (χ4n) is 1.05. The molecular weight excluding hydrogens is 268 g/mol. The lowest BCUT2D eigenvalue weighted by molar-refractivity contribution is 0.0651. The van der Waals surface area contributed by atoms with Gasteiger partial charge in [0.05, 0.1) is 16.0 Å². The highest BCUT2D eigenvalue weighted by molar-refractivity contribution is 7.85. The Bertz CT molecular complexity index is 560. The van der Waals surface area contributed by atoms with Crippen molar-refractivity contribution in [1.29, 1.82) is 0 Å². The minimum absolute atomic E-state index is 0.556. The number of rotatable bonds is 3. The van der Waals surface area contributed by atoms with E-state index in [0.29, 0.717) is 6.07 Å². The molecule has 8 nitrogen and oxygen atoms in total. The zero-order valence-electron chi connectivity index (χ0n) is 9.06. The molecule has 0 aromatic heterocycles. The molecule has 0 aliphatic heterocycles. The lowest BCUT2D eigenvalue weighted by Gasteiger charge is -2.03. The number of carbonyl (C=O) groups is 2. The van der Waals surface area contributed by atoms with E-state index in [1.54, 1.807) is 0 Å². The van der Waals surface area contributed by atoms with Gasteiger partial charge in [0.25, 0.3) is 10.1 Å². The second-order valence-electron chi connectivity index (χ2n) is 2.79. The van der Waals surface area contributed by atoms with Crippen LogP contribution in [0.1, 0.15) is 20.7 Å². The number of carboxylic acids is 2. The van der Waals surface area contributed by atoms with E-state index >= 15 is 0 Å². The van der Waals surface area contributed by atoms with E-state index < -0.39 is 38.1 Å². The van der Waals surface area contributed by atoms with Crippen LogP contribution in [0.2, 0.25) is 0 Å². The summed E-state index contributed by atoms with van der Waals surface area (Å²) in [6.07, 6.45) is 0. The first-order valence-electron chi connectivity index (χ1n) is 4.26. The maximum absolute atomic E-state index is 10.7. The van der Waals surface area contributed by atoms with Crippen molar-refractivity contribution in [2.45, 2.75) is 4.90 Å². The highest BCUT2D eigenvalue weighted by atomic mass is 32.2. The highest BCUT2D eigenvalue weighted by Gasteiger charge is 2.20. The molecule has 1 aromatic carbocycles. The predicted octanol–water partition coefficient (Wildman–Crippen LogP) is -0.0618. The summed E-state index contributed by atoms with van der Waals surface area (Å²) in [5, 5.41) is 24.3. The van der Waals surface area contributed by atoms with Crippen LogP contribution in [0.25, 0.3) is 0 Å². The van der Waals surface area contributed by atoms with Gasteiger partial charge in [0.2, 0.25) is 0 Å². The third-order valence-corrected chi connectivity index (χ3v) is 2.60. The van der Waals surface area contributed by atoms with Crippen LogP contribution in [0.3, 0.4) is 0 Å². The molecule has 0 unspecified atom stereocenters. The van der Waals surface area contributed by atoms with Crippen molar-refractivity contribution in [2.75, 3.05) is 7.11 Å². The average Bonchev–Trinajstić information content (AvgIpc) is 2.29. The van der Waals surface area contributed by atoms with Crippen molar-refractivity contribution in [2.24, 2.45) is 0 Å². The lowest BCUT2D eigenvalue weighted by Crippen LogP contribution is -2.10. The Kier molecular flexibility index (Phi) is 5.43. The van der Waals surface area contributed by atoms with E-state index in [2.05, 4.69) is 0 Å². The van der Waals surface area contributed by atoms with Gasteiger partial charge in [-0.2, -0.15) is 8.42 Å². The topological polar surface area (TPSA) is 149 Å². The molecule has 0 radical (unpaired) electrons. The zero-order chi connectivity index (χ0) is 14.5. The Morgan fingerprint density at radius 1 is 1.00 bits per heavy atom. The van der Waals surface area contributed by atoms with Gasteiger partial charge in [0, 0.05) is 7.11 Å². The average molecular weight is 278 g/mol. The zero-order valence-corrected chi connectivity index (χ0v) is 9.88. The maximum Gasteiger partial charge on any atom is 0.336 e. The Balaban J connectivity index is 0.00000137. The molecule has 18 heavy (non-hydrogen) atoms. The number of aromatic carboxylic acids is 2. The molecule has 0 saturated heterocycles. The van der Waals surface area contributed by atoms with E-state index in [4.69, 9.17) is 19.9 Å².